The van der Waals surface area contributed by atoms with Crippen LogP contribution >= 0.6 is 11.3 Å². The number of aliphatic hydroxyl groups is 1. The first-order valence-electron chi connectivity index (χ1n) is 23.5. The van der Waals surface area contributed by atoms with Gasteiger partial charge in [-0.15, -0.1) is 21.5 Å². The molecular weight excluding hydrogens is 867 g/mol. The Kier molecular flexibility index (Phi) is 13.3. The summed E-state index contributed by atoms with van der Waals surface area (Å²) in [6.07, 6.45) is 7.85. The molecule has 0 radical (unpaired) electrons. The number of carbonyl (C=O) groups excluding carboxylic acids is 3. The van der Waals surface area contributed by atoms with Crippen LogP contribution in [0.5, 0.6) is 5.75 Å². The number of piperazine rings is 1. The van der Waals surface area contributed by atoms with Crippen molar-refractivity contribution in [3.05, 3.63) is 95.1 Å². The van der Waals surface area contributed by atoms with Crippen molar-refractivity contribution in [2.45, 2.75) is 115 Å². The molecule has 3 saturated heterocycles. The third-order valence-electron chi connectivity index (χ3n) is 14.2. The van der Waals surface area contributed by atoms with Crippen LogP contribution in [0.1, 0.15) is 87.9 Å². The summed E-state index contributed by atoms with van der Waals surface area (Å²) in [6, 6.07) is 15.7. The van der Waals surface area contributed by atoms with Crippen LogP contribution in [0.2, 0.25) is 0 Å². The number of phenolic OH excluding ortho intramolecular Hbond substituents is 1. The minimum Gasteiger partial charge on any atom is -0.507 e. The van der Waals surface area contributed by atoms with E-state index in [1.165, 1.54) is 4.90 Å². The number of anilines is 2. The first-order valence-corrected chi connectivity index (χ1v) is 24.4. The average molecular weight is 928 g/mol. The molecule has 9 rings (SSSR count). The van der Waals surface area contributed by atoms with Gasteiger partial charge in [0.05, 0.1) is 33.6 Å². The van der Waals surface area contributed by atoms with Gasteiger partial charge in [-0.2, -0.15) is 0 Å². The van der Waals surface area contributed by atoms with Gasteiger partial charge in [0.15, 0.2) is 5.82 Å². The molecule has 3 unspecified atom stereocenters. The number of amides is 3. The smallest absolute Gasteiger partial charge is 0.246 e. The number of nitrogen functional groups attached to an aromatic ring is 1. The molecule has 2 bridgehead atoms. The number of aryl methyl sites for hydroxylation is 1. The molecule has 352 valence electrons. The number of likely N-dealkylation sites (tertiary alicyclic amines) is 1. The second-order valence-electron chi connectivity index (χ2n) is 20.0. The first-order chi connectivity index (χ1) is 32.2. The van der Waals surface area contributed by atoms with E-state index < -0.39 is 23.6 Å². The Morgan fingerprint density at radius 3 is 2.39 bits per heavy atom. The van der Waals surface area contributed by atoms with Crippen LogP contribution in [0, 0.1) is 24.2 Å². The topological polar surface area (TPSA) is 225 Å². The fraction of sp³-hybridized carbons (Fsp3) is 0.480. The number of β-amino-alcohol motifs (C(OH)–C–C–N with tert-alkyl or cyclic N) is 1. The van der Waals surface area contributed by atoms with Gasteiger partial charge in [0.1, 0.15) is 23.7 Å². The predicted octanol–water partition coefficient (Wildman–Crippen LogP) is 5.15. The van der Waals surface area contributed by atoms with Crippen molar-refractivity contribution >= 4 is 40.6 Å². The summed E-state index contributed by atoms with van der Waals surface area (Å²) in [5, 5.41) is 39.5. The fourth-order valence-electron chi connectivity index (χ4n) is 10.5. The van der Waals surface area contributed by atoms with E-state index in [-0.39, 0.29) is 66.9 Å². The highest BCUT2D eigenvalue weighted by Gasteiger charge is 2.45. The van der Waals surface area contributed by atoms with Crippen LogP contribution in [0.3, 0.4) is 0 Å². The van der Waals surface area contributed by atoms with Crippen molar-refractivity contribution in [3.8, 4) is 27.4 Å². The number of aromatic hydroxyl groups is 1. The second kappa shape index (κ2) is 19.3. The van der Waals surface area contributed by atoms with Gasteiger partial charge in [0.25, 0.3) is 0 Å². The Labute approximate surface area is 395 Å². The number of benzene rings is 2. The minimum absolute atomic E-state index is 0.0227. The predicted molar refractivity (Wildman–Crippen MR) is 257 cm³/mol. The number of phenols is 1. The number of carbonyl (C=O) groups is 3. The molecule has 4 aliphatic rings. The summed E-state index contributed by atoms with van der Waals surface area (Å²) in [5.74, 6) is 0.776. The lowest BCUT2D eigenvalue weighted by Crippen LogP contribution is -2.58. The van der Waals surface area contributed by atoms with Gasteiger partial charge < -0.3 is 41.7 Å². The van der Waals surface area contributed by atoms with Crippen molar-refractivity contribution < 1.29 is 24.6 Å². The molecule has 4 fully saturated rings. The number of hydrogen-bond donors (Lipinski definition) is 6. The average Bonchev–Trinajstić information content (AvgIpc) is 4.02. The highest BCUT2D eigenvalue weighted by atomic mass is 32.1. The molecule has 1 saturated carbocycles. The number of rotatable bonds is 12. The van der Waals surface area contributed by atoms with Gasteiger partial charge in [-0.1, -0.05) is 57.2 Å². The van der Waals surface area contributed by atoms with E-state index >= 15 is 0 Å². The largest absolute Gasteiger partial charge is 0.507 e. The Hall–Kier alpha value is -6.04. The zero-order chi connectivity index (χ0) is 47.0. The lowest BCUT2D eigenvalue weighted by Gasteiger charge is -2.37. The number of fused-ring (bicyclic) bond motifs is 2. The van der Waals surface area contributed by atoms with E-state index in [0.717, 1.165) is 77.5 Å². The molecule has 7 N–H and O–H groups in total. The van der Waals surface area contributed by atoms with Gasteiger partial charge >= 0.3 is 0 Å². The van der Waals surface area contributed by atoms with Crippen LogP contribution in [0.25, 0.3) is 21.7 Å². The molecule has 2 aromatic carbocycles. The van der Waals surface area contributed by atoms with E-state index in [1.54, 1.807) is 23.5 Å². The van der Waals surface area contributed by atoms with Gasteiger partial charge in [-0.05, 0) is 91.2 Å². The van der Waals surface area contributed by atoms with Crippen LogP contribution in [-0.2, 0) is 27.3 Å². The van der Waals surface area contributed by atoms with Crippen molar-refractivity contribution in [1.29, 1.82) is 0 Å². The summed E-state index contributed by atoms with van der Waals surface area (Å²) >= 11 is 1.58. The monoisotopic (exact) mass is 927 g/mol. The fourth-order valence-corrected chi connectivity index (χ4v) is 11.3. The molecule has 5 aromatic rings. The second-order valence-corrected chi connectivity index (χ2v) is 20.8. The van der Waals surface area contributed by atoms with Crippen molar-refractivity contribution in [2.24, 2.45) is 17.3 Å². The maximum Gasteiger partial charge on any atom is 0.246 e. The molecule has 3 amide bonds. The molecule has 6 heterocycles. The molecule has 67 heavy (non-hydrogen) atoms. The zero-order valence-corrected chi connectivity index (χ0v) is 39.4. The van der Waals surface area contributed by atoms with E-state index in [0.29, 0.717) is 35.8 Å². The van der Waals surface area contributed by atoms with Crippen molar-refractivity contribution in [3.63, 3.8) is 0 Å². The Bertz CT molecular complexity index is 2580. The molecule has 1 aliphatic carbocycles. The number of hydrogen-bond acceptors (Lipinski definition) is 14. The van der Waals surface area contributed by atoms with E-state index in [9.17, 15) is 24.6 Å². The van der Waals surface area contributed by atoms with Crippen molar-refractivity contribution in [1.82, 2.24) is 46.0 Å². The molecule has 3 aromatic heterocycles. The minimum atomic E-state index is -0.881. The maximum absolute atomic E-state index is 14.3. The Morgan fingerprint density at radius 1 is 0.940 bits per heavy atom. The van der Waals surface area contributed by atoms with E-state index in [2.05, 4.69) is 36.0 Å². The summed E-state index contributed by atoms with van der Waals surface area (Å²) in [7, 11) is 0. The first kappa shape index (κ1) is 46.1. The van der Waals surface area contributed by atoms with E-state index in [4.69, 9.17) is 15.7 Å². The highest BCUT2D eigenvalue weighted by molar-refractivity contribution is 7.13. The van der Waals surface area contributed by atoms with Crippen LogP contribution in [-0.4, -0.2) is 108 Å². The van der Waals surface area contributed by atoms with Gasteiger partial charge in [-0.3, -0.25) is 14.4 Å². The summed E-state index contributed by atoms with van der Waals surface area (Å²) < 4.78 is 0. The van der Waals surface area contributed by atoms with E-state index in [1.807, 2.05) is 88.1 Å². The number of nitrogens with zero attached hydrogens (tertiary/aromatic N) is 7. The Balaban J connectivity index is 0.761. The number of nitrogens with one attached hydrogen (secondary N) is 3. The van der Waals surface area contributed by atoms with Gasteiger partial charge in [0, 0.05) is 75.0 Å². The number of thiazole rings is 1. The van der Waals surface area contributed by atoms with Crippen LogP contribution in [0.15, 0.2) is 72.5 Å². The third-order valence-corrected chi connectivity index (χ3v) is 15.2. The molecule has 0 spiro atoms. The van der Waals surface area contributed by atoms with Gasteiger partial charge in [0.2, 0.25) is 17.7 Å². The number of para-hydroxylation sites is 1. The molecule has 16 nitrogen and oxygen atoms in total. The summed E-state index contributed by atoms with van der Waals surface area (Å²) in [4.78, 5) is 60.6. The molecule has 3 aliphatic heterocycles. The quantitative estimate of drug-likeness (QED) is 0.0955. The lowest BCUT2D eigenvalue weighted by atomic mass is 9.78. The standard InChI is InChI=1S/C50H61N11O5S/c1-28-44(67-27-55-28)31-11-9-29(10-12-31)21-54-48(65)41-19-36(62)25-61(41)49(66)45(50(2,3)4)57-47(64)32-15-13-30(14-16-32)34-22-52-43(53-23-34)18-33-17-35-24-60(26-39(33)56-35)40-20-38(58-59-46(40)51)37-7-5-6-8-42(37)63/h5-12,20,22-23,27,30,32-33,35-36,39,41,45,56,62-63H,13-19,21,24-26H2,1-4H3,(H2,51,59)(H,54,65)(H,57,64)/t30?,32?,33?,35?,36-,39?,41+,45-/m1/s1. The normalized spacial score (nSPS) is 24.3. The number of aliphatic hydroxyl groups excluding tert-OH is 1. The number of nitrogens with two attached hydrogens (primary N) is 1. The Morgan fingerprint density at radius 2 is 1.69 bits per heavy atom. The zero-order valence-electron chi connectivity index (χ0n) is 38.6. The van der Waals surface area contributed by atoms with Crippen molar-refractivity contribution in [2.75, 3.05) is 30.3 Å². The molecule has 17 heteroatoms. The van der Waals surface area contributed by atoms with Crippen LogP contribution < -0.4 is 26.6 Å². The highest BCUT2D eigenvalue weighted by Crippen LogP contribution is 2.38. The van der Waals surface area contributed by atoms with Crippen LogP contribution in [0.4, 0.5) is 11.5 Å². The number of aromatic nitrogens is 5. The molecular formula is C50H61N11O5S. The summed E-state index contributed by atoms with van der Waals surface area (Å²) in [6.45, 7) is 9.54. The molecule has 6 atom stereocenters. The lowest BCUT2D eigenvalue weighted by molar-refractivity contribution is -0.144. The third kappa shape index (κ3) is 10.1. The maximum atomic E-state index is 14.3. The SMILES string of the molecule is Cc1ncsc1-c1ccc(CNC(=O)[C@@H]2C[C@@H](O)CN2C(=O)[C@@H](NC(=O)C2CCC(c3cnc(CC4CC5CN(c6cc(-c7ccccc7O)nnc6N)CC4N5)nc3)CC2)C(C)(C)C)cc1. The van der Waals surface area contributed by atoms with Gasteiger partial charge in [-0.25, -0.2) is 15.0 Å². The summed E-state index contributed by atoms with van der Waals surface area (Å²) in [5.41, 5.74) is 13.6.